The minimum atomic E-state index is -0.706. The van der Waals surface area contributed by atoms with Crippen molar-refractivity contribution in [1.82, 2.24) is 29.8 Å². The standard InChI is InChI=1S/C17H19FN8O3/c1-25-17(27)26(24-23-25)13-8-10(21-16-20-9-12(18)15(19)22-16)2-3-14(13)29-11-4-6-28-7-5-11/h2-3,8-9,11H,4-7H2,1H3,(H3,19,20,21,22). The van der Waals surface area contributed by atoms with Gasteiger partial charge in [-0.15, -0.1) is 0 Å². The molecule has 0 atom stereocenters. The number of rotatable bonds is 5. The number of aryl methyl sites for hydroxylation is 1. The van der Waals surface area contributed by atoms with Gasteiger partial charge in [-0.3, -0.25) is 0 Å². The molecule has 0 saturated carbocycles. The van der Waals surface area contributed by atoms with Crippen molar-refractivity contribution in [3.63, 3.8) is 0 Å². The van der Waals surface area contributed by atoms with Gasteiger partial charge >= 0.3 is 5.69 Å². The van der Waals surface area contributed by atoms with Crippen LogP contribution in [0.3, 0.4) is 0 Å². The van der Waals surface area contributed by atoms with Crippen molar-refractivity contribution < 1.29 is 13.9 Å². The Kier molecular flexibility index (Phi) is 5.08. The monoisotopic (exact) mass is 402 g/mol. The van der Waals surface area contributed by atoms with Crippen LogP contribution in [0.25, 0.3) is 5.69 Å². The molecule has 0 spiro atoms. The summed E-state index contributed by atoms with van der Waals surface area (Å²) in [5.41, 5.74) is 5.98. The maximum absolute atomic E-state index is 13.3. The predicted octanol–water partition coefficient (Wildman–Crippen LogP) is 0.779. The van der Waals surface area contributed by atoms with Crippen LogP contribution in [0.15, 0.2) is 29.2 Å². The summed E-state index contributed by atoms with van der Waals surface area (Å²) in [5.74, 6) is -0.390. The Morgan fingerprint density at radius 2 is 2.10 bits per heavy atom. The van der Waals surface area contributed by atoms with Crippen LogP contribution in [0.5, 0.6) is 5.75 Å². The summed E-state index contributed by atoms with van der Waals surface area (Å²) in [7, 11) is 1.50. The number of hydrogen-bond donors (Lipinski definition) is 2. The van der Waals surface area contributed by atoms with E-state index in [2.05, 4.69) is 25.7 Å². The summed E-state index contributed by atoms with van der Waals surface area (Å²) in [6.45, 7) is 1.24. The van der Waals surface area contributed by atoms with Crippen molar-refractivity contribution in [3.05, 3.63) is 40.7 Å². The molecule has 0 bridgehead atoms. The summed E-state index contributed by atoms with van der Waals surface area (Å²) in [4.78, 5) is 20.1. The third-order valence-electron chi connectivity index (χ3n) is 4.40. The van der Waals surface area contributed by atoms with Crippen LogP contribution in [0.4, 0.5) is 21.8 Å². The van der Waals surface area contributed by atoms with Gasteiger partial charge in [0.1, 0.15) is 17.5 Å². The molecular formula is C17H19FN8O3. The summed E-state index contributed by atoms with van der Waals surface area (Å²) in [6.07, 6.45) is 2.44. The van der Waals surface area contributed by atoms with E-state index in [0.717, 1.165) is 28.4 Å². The minimum absolute atomic E-state index is 0.0334. The summed E-state index contributed by atoms with van der Waals surface area (Å²) >= 11 is 0. The zero-order valence-electron chi connectivity index (χ0n) is 15.6. The Labute approximate surface area is 164 Å². The Hall–Kier alpha value is -3.54. The van der Waals surface area contributed by atoms with Gasteiger partial charge in [0, 0.05) is 25.6 Å². The largest absolute Gasteiger partial charge is 0.488 e. The van der Waals surface area contributed by atoms with Gasteiger partial charge in [-0.1, -0.05) is 0 Å². The maximum Gasteiger partial charge on any atom is 0.368 e. The molecular weight excluding hydrogens is 383 g/mol. The molecule has 4 rings (SSSR count). The second-order valence-electron chi connectivity index (χ2n) is 6.46. The molecule has 29 heavy (non-hydrogen) atoms. The van der Waals surface area contributed by atoms with Crippen LogP contribution in [-0.2, 0) is 11.8 Å². The Morgan fingerprint density at radius 3 is 2.79 bits per heavy atom. The first-order valence-electron chi connectivity index (χ1n) is 8.94. The van der Waals surface area contributed by atoms with E-state index < -0.39 is 11.5 Å². The van der Waals surface area contributed by atoms with Crippen LogP contribution in [0, 0.1) is 5.82 Å². The van der Waals surface area contributed by atoms with E-state index in [4.69, 9.17) is 15.2 Å². The molecule has 0 amide bonds. The molecule has 1 fully saturated rings. The summed E-state index contributed by atoms with van der Waals surface area (Å²) < 4.78 is 27.0. The highest BCUT2D eigenvalue weighted by atomic mass is 19.1. The van der Waals surface area contributed by atoms with Crippen molar-refractivity contribution in [3.8, 4) is 11.4 Å². The van der Waals surface area contributed by atoms with Crippen molar-refractivity contribution in [2.45, 2.75) is 18.9 Å². The maximum atomic E-state index is 13.3. The molecule has 0 radical (unpaired) electrons. The number of aromatic nitrogens is 6. The highest BCUT2D eigenvalue weighted by molar-refractivity contribution is 5.62. The SMILES string of the molecule is Cn1nnn(-c2cc(Nc3ncc(F)c(N)n3)ccc2OC2CCOCC2)c1=O. The van der Waals surface area contributed by atoms with Crippen molar-refractivity contribution in [2.75, 3.05) is 24.3 Å². The van der Waals surface area contributed by atoms with Crippen LogP contribution in [-0.4, -0.2) is 49.1 Å². The molecule has 1 aliphatic heterocycles. The van der Waals surface area contributed by atoms with Gasteiger partial charge in [0.2, 0.25) is 5.95 Å². The number of nitrogens with one attached hydrogen (secondary N) is 1. The van der Waals surface area contributed by atoms with Gasteiger partial charge < -0.3 is 20.5 Å². The van der Waals surface area contributed by atoms with E-state index in [1.165, 1.54) is 7.05 Å². The lowest BCUT2D eigenvalue weighted by Crippen LogP contribution is -2.27. The molecule has 152 valence electrons. The molecule has 11 nitrogen and oxygen atoms in total. The van der Waals surface area contributed by atoms with Crippen molar-refractivity contribution in [2.24, 2.45) is 7.05 Å². The number of hydrogen-bond acceptors (Lipinski definition) is 9. The van der Waals surface area contributed by atoms with E-state index in [0.29, 0.717) is 30.3 Å². The van der Waals surface area contributed by atoms with E-state index in [-0.39, 0.29) is 17.9 Å². The van der Waals surface area contributed by atoms with Crippen LogP contribution in [0.1, 0.15) is 12.8 Å². The Morgan fingerprint density at radius 1 is 1.31 bits per heavy atom. The fourth-order valence-corrected chi connectivity index (χ4v) is 2.87. The molecule has 1 aliphatic rings. The molecule has 3 N–H and O–H groups in total. The zero-order chi connectivity index (χ0) is 20.4. The lowest BCUT2D eigenvalue weighted by atomic mass is 10.1. The van der Waals surface area contributed by atoms with E-state index in [1.807, 2.05) is 0 Å². The first-order valence-corrected chi connectivity index (χ1v) is 8.94. The van der Waals surface area contributed by atoms with E-state index >= 15 is 0 Å². The lowest BCUT2D eigenvalue weighted by molar-refractivity contribution is 0.0255. The molecule has 12 heteroatoms. The highest BCUT2D eigenvalue weighted by Crippen LogP contribution is 2.29. The number of nitrogen functional groups attached to an aromatic ring is 1. The van der Waals surface area contributed by atoms with Crippen molar-refractivity contribution in [1.29, 1.82) is 0 Å². The Balaban J connectivity index is 1.69. The average molecular weight is 402 g/mol. The van der Waals surface area contributed by atoms with Gasteiger partial charge in [0.25, 0.3) is 0 Å². The number of tetrazole rings is 1. The summed E-state index contributed by atoms with van der Waals surface area (Å²) in [6, 6.07) is 5.08. The lowest BCUT2D eigenvalue weighted by Gasteiger charge is -2.24. The number of halogens is 1. The molecule has 0 aliphatic carbocycles. The zero-order valence-corrected chi connectivity index (χ0v) is 15.6. The smallest absolute Gasteiger partial charge is 0.368 e. The molecule has 1 saturated heterocycles. The first kappa shape index (κ1) is 18.8. The van der Waals surface area contributed by atoms with Gasteiger partial charge in [-0.25, -0.2) is 14.2 Å². The number of nitrogens with two attached hydrogens (primary N) is 1. The fourth-order valence-electron chi connectivity index (χ4n) is 2.87. The minimum Gasteiger partial charge on any atom is -0.488 e. The van der Waals surface area contributed by atoms with Gasteiger partial charge in [-0.05, 0) is 28.6 Å². The van der Waals surface area contributed by atoms with E-state index in [9.17, 15) is 9.18 Å². The summed E-state index contributed by atoms with van der Waals surface area (Å²) in [5, 5.41) is 10.6. The molecule has 3 aromatic rings. The third-order valence-corrected chi connectivity index (χ3v) is 4.40. The van der Waals surface area contributed by atoms with Crippen LogP contribution < -0.4 is 21.5 Å². The predicted molar refractivity (Wildman–Crippen MR) is 101 cm³/mol. The number of ether oxygens (including phenoxy) is 2. The fraction of sp³-hybridized carbons (Fsp3) is 0.353. The second-order valence-corrected chi connectivity index (χ2v) is 6.46. The quantitative estimate of drug-likeness (QED) is 0.634. The van der Waals surface area contributed by atoms with Gasteiger partial charge in [0.15, 0.2) is 11.6 Å². The van der Waals surface area contributed by atoms with E-state index in [1.54, 1.807) is 18.2 Å². The average Bonchev–Trinajstić information content (AvgIpc) is 3.05. The Bertz CT molecular complexity index is 1080. The number of nitrogens with zero attached hydrogens (tertiary/aromatic N) is 6. The second kappa shape index (κ2) is 7.83. The highest BCUT2D eigenvalue weighted by Gasteiger charge is 2.20. The normalized spacial score (nSPS) is 14.7. The number of benzene rings is 1. The first-order chi connectivity index (χ1) is 14.0. The van der Waals surface area contributed by atoms with Crippen LogP contribution >= 0.6 is 0 Å². The van der Waals surface area contributed by atoms with Gasteiger partial charge in [-0.2, -0.15) is 14.3 Å². The van der Waals surface area contributed by atoms with Crippen LogP contribution in [0.2, 0.25) is 0 Å². The molecule has 2 aromatic heterocycles. The van der Waals surface area contributed by atoms with Gasteiger partial charge in [0.05, 0.1) is 19.4 Å². The number of anilines is 3. The molecule has 0 unspecified atom stereocenters. The topological polar surface area (TPSA) is 135 Å². The third kappa shape index (κ3) is 4.01. The van der Waals surface area contributed by atoms with Crippen molar-refractivity contribution >= 4 is 17.5 Å². The molecule has 3 heterocycles. The molecule has 1 aromatic carbocycles.